The van der Waals surface area contributed by atoms with E-state index in [4.69, 9.17) is 0 Å². The van der Waals surface area contributed by atoms with Crippen molar-refractivity contribution >= 4 is 29.0 Å². The third-order valence-electron chi connectivity index (χ3n) is 5.26. The molecule has 32 heavy (non-hydrogen) atoms. The Bertz CT molecular complexity index is 923. The molecule has 0 aromatic heterocycles. The molecule has 0 aliphatic heterocycles. The summed E-state index contributed by atoms with van der Waals surface area (Å²) in [6.07, 6.45) is 0. The minimum Gasteiger partial charge on any atom is -0.377 e. The van der Waals surface area contributed by atoms with E-state index in [2.05, 4.69) is 69.6 Å². The number of nitrogens with zero attached hydrogens (tertiary/aromatic N) is 1. The highest BCUT2D eigenvalue weighted by atomic mass is 16.2. The predicted octanol–water partition coefficient (Wildman–Crippen LogP) is 6.03. The average Bonchev–Trinajstić information content (AvgIpc) is 2.71. The fourth-order valence-corrected chi connectivity index (χ4v) is 3.55. The minimum absolute atomic E-state index is 0.154. The Balaban J connectivity index is 2.29. The highest BCUT2D eigenvalue weighted by Gasteiger charge is 2.18. The summed E-state index contributed by atoms with van der Waals surface area (Å²) in [7, 11) is 3.79. The van der Waals surface area contributed by atoms with E-state index >= 15 is 0 Å². The van der Waals surface area contributed by atoms with Crippen molar-refractivity contribution in [2.45, 2.75) is 53.4 Å². The Labute approximate surface area is 192 Å². The van der Waals surface area contributed by atoms with Gasteiger partial charge in [-0.3, -0.25) is 4.79 Å². The summed E-state index contributed by atoms with van der Waals surface area (Å²) in [5.74, 6) is 0.753. The Morgan fingerprint density at radius 1 is 0.875 bits per heavy atom. The monoisotopic (exact) mass is 438 g/mol. The van der Waals surface area contributed by atoms with Gasteiger partial charge in [0.15, 0.2) is 0 Å². The van der Waals surface area contributed by atoms with E-state index in [1.807, 2.05) is 37.2 Å². The van der Waals surface area contributed by atoms with Crippen LogP contribution in [0.2, 0.25) is 0 Å². The zero-order valence-corrected chi connectivity index (χ0v) is 20.7. The zero-order chi connectivity index (χ0) is 24.0. The van der Waals surface area contributed by atoms with Gasteiger partial charge >= 0.3 is 6.03 Å². The fraction of sp³-hybridized carbons (Fsp3) is 0.462. The second-order valence-corrected chi connectivity index (χ2v) is 9.43. The van der Waals surface area contributed by atoms with Gasteiger partial charge in [-0.2, -0.15) is 0 Å². The van der Waals surface area contributed by atoms with Gasteiger partial charge in [0.05, 0.1) is 5.56 Å². The van der Waals surface area contributed by atoms with Gasteiger partial charge in [0.25, 0.3) is 5.91 Å². The van der Waals surface area contributed by atoms with Crippen molar-refractivity contribution in [3.8, 4) is 0 Å². The van der Waals surface area contributed by atoms with Crippen LogP contribution < -0.4 is 20.9 Å². The number of para-hydroxylation sites is 1. The van der Waals surface area contributed by atoms with E-state index in [0.717, 1.165) is 22.5 Å². The number of hydrogen-bond donors (Lipinski definition) is 3. The first-order chi connectivity index (χ1) is 15.0. The molecule has 0 atom stereocenters. The standard InChI is InChI=1S/C26H38N4O2/c1-16(2)15-27-25(31)22-14-19(12-13-23(22)30(7)8)28-26(32)29-24-20(17(3)4)10-9-11-21(24)18(5)6/h9-14,16-18H,15H2,1-8H3,(H,27,31)(H2,28,29,32). The average molecular weight is 439 g/mol. The van der Waals surface area contributed by atoms with Crippen LogP contribution in [0.4, 0.5) is 21.9 Å². The Kier molecular flexibility index (Phi) is 8.70. The summed E-state index contributed by atoms with van der Waals surface area (Å²) in [6, 6.07) is 11.2. The van der Waals surface area contributed by atoms with E-state index in [0.29, 0.717) is 23.7 Å². The highest BCUT2D eigenvalue weighted by molar-refractivity contribution is 6.04. The molecule has 3 N–H and O–H groups in total. The summed E-state index contributed by atoms with van der Waals surface area (Å²) in [6.45, 7) is 13.2. The number of amides is 3. The van der Waals surface area contributed by atoms with E-state index in [1.165, 1.54) is 0 Å². The summed E-state index contributed by atoms with van der Waals surface area (Å²) in [5, 5.41) is 8.92. The number of rotatable bonds is 8. The molecule has 0 aliphatic carbocycles. The second kappa shape index (κ2) is 11.0. The van der Waals surface area contributed by atoms with Crippen LogP contribution in [-0.2, 0) is 0 Å². The lowest BCUT2D eigenvalue weighted by molar-refractivity contribution is 0.0949. The van der Waals surface area contributed by atoms with Gasteiger partial charge in [0.2, 0.25) is 0 Å². The van der Waals surface area contributed by atoms with E-state index < -0.39 is 0 Å². The number of benzene rings is 2. The van der Waals surface area contributed by atoms with Crippen LogP contribution in [0.15, 0.2) is 36.4 Å². The maximum absolute atomic E-state index is 12.9. The van der Waals surface area contributed by atoms with Gasteiger partial charge in [-0.05, 0) is 47.1 Å². The molecule has 0 radical (unpaired) electrons. The van der Waals surface area contributed by atoms with Crippen molar-refractivity contribution in [1.82, 2.24) is 5.32 Å². The van der Waals surface area contributed by atoms with Crippen LogP contribution in [-0.4, -0.2) is 32.6 Å². The quantitative estimate of drug-likeness (QED) is 0.471. The Hall–Kier alpha value is -3.02. The molecular formula is C26H38N4O2. The van der Waals surface area contributed by atoms with Crippen LogP contribution in [0.3, 0.4) is 0 Å². The van der Waals surface area contributed by atoms with Crippen LogP contribution in [0.5, 0.6) is 0 Å². The third-order valence-corrected chi connectivity index (χ3v) is 5.26. The molecule has 0 aliphatic rings. The SMILES string of the molecule is CC(C)CNC(=O)c1cc(NC(=O)Nc2c(C(C)C)cccc2C(C)C)ccc1N(C)C. The molecular weight excluding hydrogens is 400 g/mol. The second-order valence-electron chi connectivity index (χ2n) is 9.43. The van der Waals surface area contributed by atoms with Crippen molar-refractivity contribution in [3.05, 3.63) is 53.1 Å². The van der Waals surface area contributed by atoms with Crippen LogP contribution >= 0.6 is 0 Å². The topological polar surface area (TPSA) is 73.5 Å². The number of nitrogens with one attached hydrogen (secondary N) is 3. The number of carbonyl (C=O) groups excluding carboxylic acids is 2. The summed E-state index contributed by atoms with van der Waals surface area (Å²) in [5.41, 5.74) is 4.94. The minimum atomic E-state index is -0.328. The molecule has 0 saturated heterocycles. The fourth-order valence-electron chi connectivity index (χ4n) is 3.55. The van der Waals surface area contributed by atoms with Crippen molar-refractivity contribution in [2.75, 3.05) is 36.2 Å². The Morgan fingerprint density at radius 2 is 1.47 bits per heavy atom. The first-order valence-corrected chi connectivity index (χ1v) is 11.3. The first kappa shape index (κ1) is 25.2. The normalized spacial score (nSPS) is 11.1. The smallest absolute Gasteiger partial charge is 0.323 e. The van der Waals surface area contributed by atoms with Gasteiger partial charge < -0.3 is 20.9 Å². The molecule has 2 aromatic rings. The molecule has 2 rings (SSSR count). The first-order valence-electron chi connectivity index (χ1n) is 11.3. The van der Waals surface area contributed by atoms with Crippen molar-refractivity contribution in [1.29, 1.82) is 0 Å². The lowest BCUT2D eigenvalue weighted by Gasteiger charge is -2.21. The zero-order valence-electron chi connectivity index (χ0n) is 20.7. The molecule has 0 spiro atoms. The number of anilines is 3. The number of hydrogen-bond acceptors (Lipinski definition) is 3. The van der Waals surface area contributed by atoms with E-state index in [-0.39, 0.29) is 23.8 Å². The van der Waals surface area contributed by atoms with Gasteiger partial charge in [-0.25, -0.2) is 4.79 Å². The molecule has 6 heteroatoms. The maximum atomic E-state index is 12.9. The van der Waals surface area contributed by atoms with Gasteiger partial charge in [-0.15, -0.1) is 0 Å². The summed E-state index contributed by atoms with van der Waals surface area (Å²) < 4.78 is 0. The van der Waals surface area contributed by atoms with Gasteiger partial charge in [0, 0.05) is 37.7 Å². The molecule has 0 saturated carbocycles. The molecule has 174 valence electrons. The lowest BCUT2D eigenvalue weighted by atomic mass is 9.93. The molecule has 0 unspecified atom stereocenters. The molecule has 3 amide bonds. The Morgan fingerprint density at radius 3 is 1.97 bits per heavy atom. The molecule has 0 bridgehead atoms. The summed E-state index contributed by atoms with van der Waals surface area (Å²) >= 11 is 0. The molecule has 0 heterocycles. The maximum Gasteiger partial charge on any atom is 0.323 e. The van der Waals surface area contributed by atoms with Crippen LogP contribution in [0.25, 0.3) is 0 Å². The van der Waals surface area contributed by atoms with Gasteiger partial charge in [-0.1, -0.05) is 59.7 Å². The summed E-state index contributed by atoms with van der Waals surface area (Å²) in [4.78, 5) is 27.6. The predicted molar refractivity (Wildman–Crippen MR) is 135 cm³/mol. The number of urea groups is 1. The van der Waals surface area contributed by atoms with E-state index in [1.54, 1.807) is 6.07 Å². The molecule has 6 nitrogen and oxygen atoms in total. The molecule has 0 fully saturated rings. The lowest BCUT2D eigenvalue weighted by Crippen LogP contribution is -2.29. The van der Waals surface area contributed by atoms with Crippen molar-refractivity contribution in [2.24, 2.45) is 5.92 Å². The highest BCUT2D eigenvalue weighted by Crippen LogP contribution is 2.32. The largest absolute Gasteiger partial charge is 0.377 e. The van der Waals surface area contributed by atoms with E-state index in [9.17, 15) is 9.59 Å². The van der Waals surface area contributed by atoms with Crippen molar-refractivity contribution < 1.29 is 9.59 Å². The number of carbonyl (C=O) groups is 2. The third kappa shape index (κ3) is 6.49. The van der Waals surface area contributed by atoms with Gasteiger partial charge in [0.1, 0.15) is 0 Å². The van der Waals surface area contributed by atoms with Crippen LogP contribution in [0, 0.1) is 5.92 Å². The van der Waals surface area contributed by atoms with Crippen LogP contribution in [0.1, 0.15) is 74.9 Å². The molecule has 2 aromatic carbocycles. The van der Waals surface area contributed by atoms with Crippen molar-refractivity contribution in [3.63, 3.8) is 0 Å².